The molecule has 0 aliphatic carbocycles. The third-order valence-corrected chi connectivity index (χ3v) is 3.68. The molecule has 21 heavy (non-hydrogen) atoms. The molecule has 0 saturated heterocycles. The van der Waals surface area contributed by atoms with Crippen LogP contribution in [0, 0.1) is 12.7 Å². The van der Waals surface area contributed by atoms with E-state index in [2.05, 4.69) is 42.7 Å². The predicted octanol–water partition coefficient (Wildman–Crippen LogP) is 5.80. The molecule has 0 saturated carbocycles. The largest absolute Gasteiger partial charge is 0.345 e. The van der Waals surface area contributed by atoms with E-state index in [1.165, 1.54) is 34.3 Å². The van der Waals surface area contributed by atoms with E-state index in [0.717, 1.165) is 12.1 Å². The molecular formula is C19H22FN. The third-order valence-electron chi connectivity index (χ3n) is 3.68. The van der Waals surface area contributed by atoms with Gasteiger partial charge in [-0.15, -0.1) is 0 Å². The Morgan fingerprint density at radius 1 is 0.952 bits per heavy atom. The fourth-order valence-electron chi connectivity index (χ4n) is 2.82. The Balaban J connectivity index is 0.000000774. The molecule has 3 aromatic rings. The number of benzene rings is 2. The van der Waals surface area contributed by atoms with Crippen molar-refractivity contribution >= 4 is 10.9 Å². The second-order valence-electron chi connectivity index (χ2n) is 4.73. The van der Waals surface area contributed by atoms with Crippen LogP contribution in [0.25, 0.3) is 22.0 Å². The van der Waals surface area contributed by atoms with Crippen molar-refractivity contribution in [2.75, 3.05) is 0 Å². The Labute approximate surface area is 126 Å². The fraction of sp³-hybridized carbons (Fsp3) is 0.263. The van der Waals surface area contributed by atoms with E-state index < -0.39 is 0 Å². The molecule has 3 rings (SSSR count). The molecule has 0 spiro atoms. The van der Waals surface area contributed by atoms with Crippen molar-refractivity contribution in [2.45, 2.75) is 34.2 Å². The van der Waals surface area contributed by atoms with Crippen LogP contribution in [0.4, 0.5) is 4.39 Å². The first kappa shape index (κ1) is 15.3. The van der Waals surface area contributed by atoms with Crippen molar-refractivity contribution < 1.29 is 4.39 Å². The van der Waals surface area contributed by atoms with Gasteiger partial charge in [0.2, 0.25) is 0 Å². The van der Waals surface area contributed by atoms with Gasteiger partial charge in [-0.05, 0) is 37.6 Å². The first-order chi connectivity index (χ1) is 10.2. The summed E-state index contributed by atoms with van der Waals surface area (Å²) in [6.45, 7) is 9.21. The summed E-state index contributed by atoms with van der Waals surface area (Å²) in [5, 5.41) is 1.23. The van der Waals surface area contributed by atoms with Crippen LogP contribution in [-0.4, -0.2) is 4.57 Å². The zero-order chi connectivity index (χ0) is 15.4. The molecule has 0 amide bonds. The molecule has 0 fully saturated rings. The topological polar surface area (TPSA) is 4.93 Å². The Bertz CT molecular complexity index is 723. The summed E-state index contributed by atoms with van der Waals surface area (Å²) >= 11 is 0. The maximum absolute atomic E-state index is 13.1. The Morgan fingerprint density at radius 2 is 1.57 bits per heavy atom. The molecule has 0 aliphatic rings. The van der Waals surface area contributed by atoms with Gasteiger partial charge >= 0.3 is 0 Å². The number of fused-ring (bicyclic) bond motifs is 1. The van der Waals surface area contributed by atoms with Crippen molar-refractivity contribution in [1.29, 1.82) is 0 Å². The molecule has 0 N–H and O–H groups in total. The van der Waals surface area contributed by atoms with Gasteiger partial charge in [0.1, 0.15) is 5.82 Å². The van der Waals surface area contributed by atoms with E-state index >= 15 is 0 Å². The second-order valence-corrected chi connectivity index (χ2v) is 4.73. The summed E-state index contributed by atoms with van der Waals surface area (Å²) in [7, 11) is 0. The summed E-state index contributed by atoms with van der Waals surface area (Å²) in [6, 6.07) is 15.1. The van der Waals surface area contributed by atoms with Gasteiger partial charge in [-0.3, -0.25) is 0 Å². The fourth-order valence-corrected chi connectivity index (χ4v) is 2.82. The molecule has 1 aromatic heterocycles. The number of halogens is 1. The highest BCUT2D eigenvalue weighted by Crippen LogP contribution is 2.34. The lowest BCUT2D eigenvalue weighted by Crippen LogP contribution is -1.96. The molecule has 0 aliphatic heterocycles. The summed E-state index contributed by atoms with van der Waals surface area (Å²) in [5.41, 5.74) is 4.75. The summed E-state index contributed by atoms with van der Waals surface area (Å²) in [5.74, 6) is -0.194. The number of hydrogen-bond acceptors (Lipinski definition) is 0. The molecule has 2 aromatic carbocycles. The standard InChI is InChI=1S/C17H16FN.C2H6/c1-3-19-12(2)17(13-8-10-14(18)11-9-13)15-6-4-5-7-16(15)19;1-2/h4-11H,3H2,1-2H3;1-2H3. The molecule has 1 heterocycles. The van der Waals surface area contributed by atoms with E-state index in [4.69, 9.17) is 0 Å². The molecule has 0 unspecified atom stereocenters. The highest BCUT2D eigenvalue weighted by Gasteiger charge is 2.13. The van der Waals surface area contributed by atoms with Gasteiger partial charge in [0.25, 0.3) is 0 Å². The average Bonchev–Trinajstić information content (AvgIpc) is 2.82. The van der Waals surface area contributed by atoms with Gasteiger partial charge in [-0.2, -0.15) is 0 Å². The van der Waals surface area contributed by atoms with Crippen LogP contribution in [0.2, 0.25) is 0 Å². The molecule has 110 valence electrons. The smallest absolute Gasteiger partial charge is 0.123 e. The summed E-state index contributed by atoms with van der Waals surface area (Å²) < 4.78 is 15.4. The minimum atomic E-state index is -0.194. The number of para-hydroxylation sites is 1. The molecule has 0 bridgehead atoms. The maximum Gasteiger partial charge on any atom is 0.123 e. The lowest BCUT2D eigenvalue weighted by Gasteiger charge is -2.05. The highest BCUT2D eigenvalue weighted by molar-refractivity contribution is 5.98. The minimum Gasteiger partial charge on any atom is -0.345 e. The van der Waals surface area contributed by atoms with Crippen molar-refractivity contribution in [3.8, 4) is 11.1 Å². The van der Waals surface area contributed by atoms with Crippen LogP contribution in [0.3, 0.4) is 0 Å². The van der Waals surface area contributed by atoms with Gasteiger partial charge in [-0.1, -0.05) is 44.2 Å². The van der Waals surface area contributed by atoms with Crippen LogP contribution in [0.1, 0.15) is 26.5 Å². The zero-order valence-corrected chi connectivity index (χ0v) is 13.2. The second kappa shape index (κ2) is 6.57. The van der Waals surface area contributed by atoms with E-state index in [0.29, 0.717) is 0 Å². The monoisotopic (exact) mass is 283 g/mol. The van der Waals surface area contributed by atoms with E-state index in [1.807, 2.05) is 26.0 Å². The van der Waals surface area contributed by atoms with Crippen molar-refractivity contribution in [3.05, 3.63) is 60.0 Å². The minimum absolute atomic E-state index is 0.194. The molecule has 2 heteroatoms. The van der Waals surface area contributed by atoms with Crippen molar-refractivity contribution in [2.24, 2.45) is 0 Å². The molecule has 0 atom stereocenters. The van der Waals surface area contributed by atoms with Gasteiger partial charge in [0.05, 0.1) is 0 Å². The van der Waals surface area contributed by atoms with Crippen LogP contribution in [-0.2, 0) is 6.54 Å². The normalized spacial score (nSPS) is 10.3. The van der Waals surface area contributed by atoms with E-state index in [-0.39, 0.29) is 5.82 Å². The number of aromatic nitrogens is 1. The number of hydrogen-bond donors (Lipinski definition) is 0. The first-order valence-electron chi connectivity index (χ1n) is 7.56. The SMILES string of the molecule is CC.CCn1c(C)c(-c2ccc(F)cc2)c2ccccc21. The first-order valence-corrected chi connectivity index (χ1v) is 7.56. The Morgan fingerprint density at radius 3 is 2.19 bits per heavy atom. The lowest BCUT2D eigenvalue weighted by atomic mass is 10.0. The zero-order valence-electron chi connectivity index (χ0n) is 13.2. The number of rotatable bonds is 2. The summed E-state index contributed by atoms with van der Waals surface area (Å²) in [4.78, 5) is 0. The van der Waals surface area contributed by atoms with Crippen LogP contribution in [0.15, 0.2) is 48.5 Å². The average molecular weight is 283 g/mol. The molecular weight excluding hydrogens is 261 g/mol. The van der Waals surface area contributed by atoms with Crippen LogP contribution >= 0.6 is 0 Å². The van der Waals surface area contributed by atoms with Gasteiger partial charge in [-0.25, -0.2) is 4.39 Å². The molecule has 0 radical (unpaired) electrons. The van der Waals surface area contributed by atoms with Crippen LogP contribution < -0.4 is 0 Å². The van der Waals surface area contributed by atoms with E-state index in [1.54, 1.807) is 0 Å². The Hall–Kier alpha value is -2.09. The quantitative estimate of drug-likeness (QED) is 0.560. The third kappa shape index (κ3) is 2.71. The summed E-state index contributed by atoms with van der Waals surface area (Å²) in [6.07, 6.45) is 0. The number of nitrogens with zero attached hydrogens (tertiary/aromatic N) is 1. The van der Waals surface area contributed by atoms with Crippen LogP contribution in [0.5, 0.6) is 0 Å². The van der Waals surface area contributed by atoms with Crippen molar-refractivity contribution in [3.63, 3.8) is 0 Å². The van der Waals surface area contributed by atoms with Gasteiger partial charge in [0.15, 0.2) is 0 Å². The van der Waals surface area contributed by atoms with Gasteiger partial charge in [0, 0.05) is 28.7 Å². The highest BCUT2D eigenvalue weighted by atomic mass is 19.1. The van der Waals surface area contributed by atoms with Crippen molar-refractivity contribution in [1.82, 2.24) is 4.57 Å². The molecule has 1 nitrogen and oxygen atoms in total. The van der Waals surface area contributed by atoms with Gasteiger partial charge < -0.3 is 4.57 Å². The maximum atomic E-state index is 13.1. The number of aryl methyl sites for hydroxylation is 1. The van der Waals surface area contributed by atoms with E-state index in [9.17, 15) is 4.39 Å². The Kier molecular flexibility index (Phi) is 4.79. The predicted molar refractivity (Wildman–Crippen MR) is 89.1 cm³/mol. The lowest BCUT2D eigenvalue weighted by molar-refractivity contribution is 0.628.